The van der Waals surface area contributed by atoms with Crippen molar-refractivity contribution in [2.75, 3.05) is 6.54 Å². The number of benzene rings is 1. The Balaban J connectivity index is 1.61. The molecule has 0 bridgehead atoms. The summed E-state index contributed by atoms with van der Waals surface area (Å²) in [6, 6.07) is 6.40. The summed E-state index contributed by atoms with van der Waals surface area (Å²) in [6.45, 7) is 0.501. The van der Waals surface area contributed by atoms with E-state index in [2.05, 4.69) is 9.97 Å². The van der Waals surface area contributed by atoms with Crippen LogP contribution in [-0.2, 0) is 16.0 Å². The molecule has 1 amide bonds. The van der Waals surface area contributed by atoms with Gasteiger partial charge in [0.05, 0.1) is 10.9 Å². The molecule has 0 unspecified atom stereocenters. The van der Waals surface area contributed by atoms with E-state index in [0.29, 0.717) is 42.5 Å². The van der Waals surface area contributed by atoms with Gasteiger partial charge in [-0.25, -0.2) is 9.78 Å². The summed E-state index contributed by atoms with van der Waals surface area (Å²) in [7, 11) is 0. The van der Waals surface area contributed by atoms with Crippen LogP contribution in [0.5, 0.6) is 0 Å². The van der Waals surface area contributed by atoms with Crippen LogP contribution in [0, 0.1) is 0 Å². The number of carbonyl (C=O) groups is 2. The van der Waals surface area contributed by atoms with Crippen LogP contribution in [0.1, 0.15) is 37.9 Å². The van der Waals surface area contributed by atoms with Gasteiger partial charge in [0.15, 0.2) is 0 Å². The Morgan fingerprint density at radius 1 is 1.28 bits per heavy atom. The van der Waals surface area contributed by atoms with E-state index in [1.165, 1.54) is 4.90 Å². The van der Waals surface area contributed by atoms with E-state index in [1.807, 2.05) is 6.07 Å². The molecule has 2 N–H and O–H groups in total. The number of aromatic nitrogens is 2. The Bertz CT molecular complexity index is 846. The number of carboxylic acid groups (broad SMARTS) is 1. The van der Waals surface area contributed by atoms with Gasteiger partial charge in [0.2, 0.25) is 5.91 Å². The molecule has 0 aliphatic carbocycles. The second-order valence-electron chi connectivity index (χ2n) is 6.32. The highest BCUT2D eigenvalue weighted by Gasteiger charge is 2.31. The lowest BCUT2D eigenvalue weighted by atomic mass is 10.0. The lowest BCUT2D eigenvalue weighted by Gasteiger charge is -2.33. The van der Waals surface area contributed by atoms with Crippen molar-refractivity contribution in [3.05, 3.63) is 40.4 Å². The van der Waals surface area contributed by atoms with Gasteiger partial charge >= 0.3 is 5.97 Å². The molecule has 1 aliphatic rings. The smallest absolute Gasteiger partial charge is 0.326 e. The van der Waals surface area contributed by atoms with Gasteiger partial charge < -0.3 is 15.0 Å². The molecule has 1 atom stereocenters. The monoisotopic (exact) mass is 343 g/mol. The van der Waals surface area contributed by atoms with Crippen molar-refractivity contribution in [3.63, 3.8) is 0 Å². The molecule has 1 aliphatic heterocycles. The third-order valence-electron chi connectivity index (χ3n) is 4.57. The first kappa shape index (κ1) is 17.1. The van der Waals surface area contributed by atoms with Gasteiger partial charge in [0.25, 0.3) is 5.56 Å². The first-order valence-corrected chi connectivity index (χ1v) is 8.56. The second-order valence-corrected chi connectivity index (χ2v) is 6.32. The summed E-state index contributed by atoms with van der Waals surface area (Å²) in [5.74, 6) is -0.534. The SMILES string of the molecule is O=C(O)[C@H]1CCCCN1C(=O)CCCc1nc2ccccc2c(=O)[nH]1. The molecule has 1 saturated heterocycles. The van der Waals surface area contributed by atoms with Crippen molar-refractivity contribution in [1.82, 2.24) is 14.9 Å². The molecular formula is C18H21N3O4. The van der Waals surface area contributed by atoms with E-state index >= 15 is 0 Å². The molecule has 7 heteroatoms. The molecule has 3 rings (SSSR count). The quantitative estimate of drug-likeness (QED) is 0.860. The molecule has 132 valence electrons. The second kappa shape index (κ2) is 7.46. The molecule has 1 aromatic heterocycles. The summed E-state index contributed by atoms with van der Waals surface area (Å²) < 4.78 is 0. The minimum atomic E-state index is -0.937. The number of carboxylic acids is 1. The molecule has 1 aromatic carbocycles. The average molecular weight is 343 g/mol. The third kappa shape index (κ3) is 3.87. The Morgan fingerprint density at radius 3 is 2.88 bits per heavy atom. The van der Waals surface area contributed by atoms with Crippen LogP contribution in [0.15, 0.2) is 29.1 Å². The number of aryl methyl sites for hydroxylation is 1. The van der Waals surface area contributed by atoms with Gasteiger partial charge in [-0.05, 0) is 37.8 Å². The number of aromatic amines is 1. The summed E-state index contributed by atoms with van der Waals surface area (Å²) in [6.07, 6.45) is 3.43. The van der Waals surface area contributed by atoms with Crippen molar-refractivity contribution in [2.45, 2.75) is 44.6 Å². The van der Waals surface area contributed by atoms with Crippen molar-refractivity contribution in [3.8, 4) is 0 Å². The van der Waals surface area contributed by atoms with Crippen LogP contribution in [0.2, 0.25) is 0 Å². The fourth-order valence-corrected chi connectivity index (χ4v) is 3.29. The van der Waals surface area contributed by atoms with Crippen LogP contribution in [-0.4, -0.2) is 44.4 Å². The lowest BCUT2D eigenvalue weighted by molar-refractivity contribution is -0.152. The van der Waals surface area contributed by atoms with E-state index in [0.717, 1.165) is 12.8 Å². The molecular weight excluding hydrogens is 322 g/mol. The molecule has 2 aromatic rings. The summed E-state index contributed by atoms with van der Waals surface area (Å²) in [5, 5.41) is 9.79. The zero-order valence-corrected chi connectivity index (χ0v) is 13.9. The van der Waals surface area contributed by atoms with E-state index in [1.54, 1.807) is 18.2 Å². The maximum Gasteiger partial charge on any atom is 0.326 e. The normalized spacial score (nSPS) is 17.6. The van der Waals surface area contributed by atoms with Gasteiger partial charge in [-0.3, -0.25) is 9.59 Å². The van der Waals surface area contributed by atoms with Gasteiger partial charge in [0, 0.05) is 19.4 Å². The number of aliphatic carboxylic acids is 1. The number of rotatable bonds is 5. The zero-order chi connectivity index (χ0) is 17.8. The molecule has 0 saturated carbocycles. The van der Waals surface area contributed by atoms with Gasteiger partial charge in [-0.2, -0.15) is 0 Å². The number of hydrogen-bond donors (Lipinski definition) is 2. The number of amides is 1. The minimum Gasteiger partial charge on any atom is -0.480 e. The van der Waals surface area contributed by atoms with Gasteiger partial charge in [-0.15, -0.1) is 0 Å². The third-order valence-corrected chi connectivity index (χ3v) is 4.57. The molecule has 1 fully saturated rings. The zero-order valence-electron chi connectivity index (χ0n) is 13.9. The fourth-order valence-electron chi connectivity index (χ4n) is 3.29. The van der Waals surface area contributed by atoms with Gasteiger partial charge in [0.1, 0.15) is 11.9 Å². The number of para-hydroxylation sites is 1. The van der Waals surface area contributed by atoms with E-state index in [4.69, 9.17) is 0 Å². The van der Waals surface area contributed by atoms with Crippen molar-refractivity contribution in [1.29, 1.82) is 0 Å². The predicted molar refractivity (Wildman–Crippen MR) is 92.3 cm³/mol. The van der Waals surface area contributed by atoms with Crippen LogP contribution in [0.25, 0.3) is 10.9 Å². The molecule has 2 heterocycles. The van der Waals surface area contributed by atoms with Crippen LogP contribution in [0.4, 0.5) is 0 Å². The Labute approximate surface area is 144 Å². The number of fused-ring (bicyclic) bond motifs is 1. The number of hydrogen-bond acceptors (Lipinski definition) is 4. The Hall–Kier alpha value is -2.70. The summed E-state index contributed by atoms with van der Waals surface area (Å²) in [5.41, 5.74) is 0.448. The minimum absolute atomic E-state index is 0.143. The highest BCUT2D eigenvalue weighted by atomic mass is 16.4. The topological polar surface area (TPSA) is 103 Å². The maximum atomic E-state index is 12.4. The Kier molecular flexibility index (Phi) is 5.11. The van der Waals surface area contributed by atoms with Crippen molar-refractivity contribution in [2.24, 2.45) is 0 Å². The van der Waals surface area contributed by atoms with E-state index < -0.39 is 12.0 Å². The van der Waals surface area contributed by atoms with Crippen LogP contribution >= 0.6 is 0 Å². The van der Waals surface area contributed by atoms with Crippen molar-refractivity contribution >= 4 is 22.8 Å². The highest BCUT2D eigenvalue weighted by Crippen LogP contribution is 2.19. The first-order valence-electron chi connectivity index (χ1n) is 8.56. The predicted octanol–water partition coefficient (Wildman–Crippen LogP) is 1.71. The number of carbonyl (C=O) groups excluding carboxylic acids is 1. The molecule has 25 heavy (non-hydrogen) atoms. The van der Waals surface area contributed by atoms with E-state index in [9.17, 15) is 19.5 Å². The number of piperidine rings is 1. The largest absolute Gasteiger partial charge is 0.480 e. The molecule has 0 radical (unpaired) electrons. The number of nitrogens with zero attached hydrogens (tertiary/aromatic N) is 2. The van der Waals surface area contributed by atoms with Crippen LogP contribution < -0.4 is 5.56 Å². The number of nitrogens with one attached hydrogen (secondary N) is 1. The standard InChI is InChI=1S/C18H21N3O4/c22-16(21-11-4-3-8-14(21)18(24)25)10-5-9-15-19-13-7-2-1-6-12(13)17(23)20-15/h1-2,6-7,14H,3-5,8-11H2,(H,24,25)(H,19,20,23)/t14-/m1/s1. The average Bonchev–Trinajstić information content (AvgIpc) is 2.61. The van der Waals surface area contributed by atoms with Gasteiger partial charge in [-0.1, -0.05) is 12.1 Å². The van der Waals surface area contributed by atoms with E-state index in [-0.39, 0.29) is 17.9 Å². The molecule has 0 spiro atoms. The van der Waals surface area contributed by atoms with Crippen molar-refractivity contribution < 1.29 is 14.7 Å². The summed E-state index contributed by atoms with van der Waals surface area (Å²) in [4.78, 5) is 44.3. The fraction of sp³-hybridized carbons (Fsp3) is 0.444. The number of likely N-dealkylation sites (tertiary alicyclic amines) is 1. The highest BCUT2D eigenvalue weighted by molar-refractivity contribution is 5.83. The maximum absolute atomic E-state index is 12.4. The molecule has 7 nitrogen and oxygen atoms in total. The lowest BCUT2D eigenvalue weighted by Crippen LogP contribution is -2.47. The van der Waals surface area contributed by atoms with Crippen LogP contribution in [0.3, 0.4) is 0 Å². The summed E-state index contributed by atoms with van der Waals surface area (Å²) >= 11 is 0. The number of H-pyrrole nitrogens is 1. The Morgan fingerprint density at radius 2 is 2.08 bits per heavy atom. The first-order chi connectivity index (χ1) is 12.1.